The Morgan fingerprint density at radius 2 is 1.93 bits per heavy atom. The predicted molar refractivity (Wildman–Crippen MR) is 118 cm³/mol. The van der Waals surface area contributed by atoms with Crippen LogP contribution >= 0.6 is 0 Å². The number of hydrogen-bond donors (Lipinski definition) is 2. The lowest BCUT2D eigenvalue weighted by Crippen LogP contribution is -2.43. The molecule has 1 aromatic heterocycles. The molecule has 0 radical (unpaired) electrons. The van der Waals surface area contributed by atoms with Crippen LogP contribution in [0.15, 0.2) is 35.6 Å². The van der Waals surface area contributed by atoms with Crippen molar-refractivity contribution in [2.45, 2.75) is 46.2 Å². The van der Waals surface area contributed by atoms with E-state index in [9.17, 15) is 0 Å². The van der Waals surface area contributed by atoms with Crippen LogP contribution in [0.4, 0.5) is 0 Å². The molecule has 2 heterocycles. The Kier molecular flexibility index (Phi) is 8.04. The van der Waals surface area contributed by atoms with E-state index in [1.165, 1.54) is 37.1 Å². The van der Waals surface area contributed by atoms with Crippen LogP contribution in [0.1, 0.15) is 36.7 Å². The lowest BCUT2D eigenvalue weighted by atomic mass is 9.96. The smallest absolute Gasteiger partial charge is 0.191 e. The maximum atomic E-state index is 4.36. The number of nitrogens with zero attached hydrogens (tertiary/aromatic N) is 5. The first-order valence-electron chi connectivity index (χ1n) is 10.8. The number of aryl methyl sites for hydroxylation is 2. The molecule has 3 rings (SSSR count). The molecule has 0 bridgehead atoms. The molecule has 2 aromatic rings. The summed E-state index contributed by atoms with van der Waals surface area (Å²) >= 11 is 0. The molecule has 7 heteroatoms. The monoisotopic (exact) mass is 397 g/mol. The molecule has 1 aliphatic rings. The third-order valence-corrected chi connectivity index (χ3v) is 5.67. The number of nitrogens with one attached hydrogen (secondary N) is 2. The molecule has 7 nitrogen and oxygen atoms in total. The summed E-state index contributed by atoms with van der Waals surface area (Å²) in [6, 6.07) is 8.91. The summed E-state index contributed by atoms with van der Waals surface area (Å²) in [6.07, 6.45) is 5.16. The second-order valence-electron chi connectivity index (χ2n) is 7.88. The minimum absolute atomic E-state index is 0.701. The summed E-state index contributed by atoms with van der Waals surface area (Å²) in [5.74, 6) is 2.60. The predicted octanol–water partition coefficient (Wildman–Crippen LogP) is 2.23. The Balaban J connectivity index is 1.33. The van der Waals surface area contributed by atoms with E-state index in [0.29, 0.717) is 5.92 Å². The van der Waals surface area contributed by atoms with Crippen LogP contribution < -0.4 is 10.6 Å². The minimum Gasteiger partial charge on any atom is -0.356 e. The van der Waals surface area contributed by atoms with Gasteiger partial charge >= 0.3 is 0 Å². The highest BCUT2D eigenvalue weighted by Gasteiger charge is 2.19. The molecule has 29 heavy (non-hydrogen) atoms. The second kappa shape index (κ2) is 11.0. The van der Waals surface area contributed by atoms with Crippen molar-refractivity contribution in [2.24, 2.45) is 10.9 Å². The van der Waals surface area contributed by atoms with Crippen LogP contribution in [0.3, 0.4) is 0 Å². The lowest BCUT2D eigenvalue weighted by Gasteiger charge is -2.32. The average Bonchev–Trinajstić information content (AvgIpc) is 3.21. The molecule has 0 spiro atoms. The molecule has 1 saturated heterocycles. The molecular weight excluding hydrogens is 362 g/mol. The summed E-state index contributed by atoms with van der Waals surface area (Å²) in [5, 5.41) is 15.0. The molecule has 1 aliphatic heterocycles. The van der Waals surface area contributed by atoms with Crippen molar-refractivity contribution in [1.82, 2.24) is 30.3 Å². The Morgan fingerprint density at radius 1 is 1.17 bits per heavy atom. The van der Waals surface area contributed by atoms with E-state index in [1.807, 2.05) is 7.05 Å². The molecular formula is C22H35N7. The van der Waals surface area contributed by atoms with Crippen LogP contribution in [0, 0.1) is 12.8 Å². The highest BCUT2D eigenvalue weighted by molar-refractivity contribution is 5.79. The molecule has 0 aliphatic carbocycles. The van der Waals surface area contributed by atoms with E-state index in [1.54, 1.807) is 6.33 Å². The van der Waals surface area contributed by atoms with Gasteiger partial charge in [-0.25, -0.2) is 0 Å². The van der Waals surface area contributed by atoms with Crippen molar-refractivity contribution < 1.29 is 0 Å². The molecule has 0 atom stereocenters. The number of benzene rings is 1. The van der Waals surface area contributed by atoms with Gasteiger partial charge in [0.2, 0.25) is 0 Å². The maximum absolute atomic E-state index is 4.36. The molecule has 0 saturated carbocycles. The van der Waals surface area contributed by atoms with E-state index >= 15 is 0 Å². The number of aliphatic imine (C=N–C) groups is 1. The third-order valence-electron chi connectivity index (χ3n) is 5.67. The number of piperidine rings is 1. The summed E-state index contributed by atoms with van der Waals surface area (Å²) in [6.45, 7) is 10.3. The number of likely N-dealkylation sites (tertiary alicyclic amines) is 1. The summed E-state index contributed by atoms with van der Waals surface area (Å²) in [5.41, 5.74) is 2.74. The second-order valence-corrected chi connectivity index (χ2v) is 7.88. The van der Waals surface area contributed by atoms with Gasteiger partial charge in [0.15, 0.2) is 5.96 Å². The van der Waals surface area contributed by atoms with Gasteiger partial charge in [-0.05, 0) is 44.3 Å². The van der Waals surface area contributed by atoms with Gasteiger partial charge in [0.25, 0.3) is 0 Å². The summed E-state index contributed by atoms with van der Waals surface area (Å²) < 4.78 is 2.09. The zero-order valence-electron chi connectivity index (χ0n) is 18.1. The van der Waals surface area contributed by atoms with E-state index in [0.717, 1.165) is 44.4 Å². The zero-order chi connectivity index (χ0) is 20.5. The van der Waals surface area contributed by atoms with Crippen molar-refractivity contribution in [1.29, 1.82) is 0 Å². The largest absolute Gasteiger partial charge is 0.356 e. The molecule has 158 valence electrons. The van der Waals surface area contributed by atoms with E-state index in [-0.39, 0.29) is 0 Å². The Labute approximate surface area is 174 Å². The first-order chi connectivity index (χ1) is 14.2. The summed E-state index contributed by atoms with van der Waals surface area (Å²) in [7, 11) is 1.83. The van der Waals surface area contributed by atoms with Gasteiger partial charge in [0, 0.05) is 39.6 Å². The zero-order valence-corrected chi connectivity index (χ0v) is 18.1. The van der Waals surface area contributed by atoms with Gasteiger partial charge in [0.05, 0.1) is 0 Å². The van der Waals surface area contributed by atoms with Crippen LogP contribution in [-0.4, -0.2) is 58.9 Å². The Morgan fingerprint density at radius 3 is 2.62 bits per heavy atom. The molecule has 1 fully saturated rings. The van der Waals surface area contributed by atoms with Gasteiger partial charge < -0.3 is 15.2 Å². The van der Waals surface area contributed by atoms with Gasteiger partial charge in [-0.15, -0.1) is 10.2 Å². The number of hydrogen-bond acceptors (Lipinski definition) is 4. The summed E-state index contributed by atoms with van der Waals surface area (Å²) in [4.78, 5) is 6.92. The lowest BCUT2D eigenvalue weighted by molar-refractivity contribution is 0.178. The van der Waals surface area contributed by atoms with Crippen molar-refractivity contribution in [3.05, 3.63) is 47.5 Å². The Hall–Kier alpha value is -2.41. The van der Waals surface area contributed by atoms with Crippen molar-refractivity contribution in [3.63, 3.8) is 0 Å². The topological polar surface area (TPSA) is 70.4 Å². The number of aromatic nitrogens is 3. The molecule has 2 N–H and O–H groups in total. The van der Waals surface area contributed by atoms with E-state index in [4.69, 9.17) is 0 Å². The average molecular weight is 398 g/mol. The van der Waals surface area contributed by atoms with Gasteiger partial charge in [-0.2, -0.15) is 0 Å². The fourth-order valence-electron chi connectivity index (χ4n) is 3.80. The Bertz CT molecular complexity index is 758. The van der Waals surface area contributed by atoms with Gasteiger partial charge in [0.1, 0.15) is 12.2 Å². The van der Waals surface area contributed by atoms with E-state index < -0.39 is 0 Å². The van der Waals surface area contributed by atoms with Gasteiger partial charge in [-0.3, -0.25) is 9.89 Å². The van der Waals surface area contributed by atoms with Crippen LogP contribution in [0.2, 0.25) is 0 Å². The van der Waals surface area contributed by atoms with Crippen molar-refractivity contribution in [3.8, 4) is 0 Å². The minimum atomic E-state index is 0.701. The molecule has 0 amide bonds. The third kappa shape index (κ3) is 6.56. The van der Waals surface area contributed by atoms with Crippen LogP contribution in [0.5, 0.6) is 0 Å². The highest BCUT2D eigenvalue weighted by atomic mass is 15.3. The van der Waals surface area contributed by atoms with Crippen LogP contribution in [-0.2, 0) is 19.5 Å². The highest BCUT2D eigenvalue weighted by Crippen LogP contribution is 2.18. The quantitative estimate of drug-likeness (QED) is 0.528. The van der Waals surface area contributed by atoms with Crippen molar-refractivity contribution >= 4 is 5.96 Å². The first kappa shape index (κ1) is 21.3. The molecule has 1 aromatic carbocycles. The normalized spacial score (nSPS) is 16.2. The number of rotatable bonds is 8. The standard InChI is InChI=1S/C22H35N7/c1-4-21-27-26-17-29(21)14-11-24-22(23-3)25-15-19-9-12-28(13-10-19)16-20-7-5-18(2)6-8-20/h5-8,17,19H,4,9-16H2,1-3H3,(H2,23,24,25). The van der Waals surface area contributed by atoms with Crippen molar-refractivity contribution in [2.75, 3.05) is 33.2 Å². The van der Waals surface area contributed by atoms with E-state index in [2.05, 4.69) is 73.4 Å². The van der Waals surface area contributed by atoms with Gasteiger partial charge in [-0.1, -0.05) is 36.8 Å². The SMILES string of the molecule is CCc1nncn1CCNC(=NC)NCC1CCN(Cc2ccc(C)cc2)CC1. The fraction of sp³-hybridized carbons (Fsp3) is 0.591. The first-order valence-corrected chi connectivity index (χ1v) is 10.8. The molecule has 0 unspecified atom stereocenters. The fourth-order valence-corrected chi connectivity index (χ4v) is 3.80. The number of guanidine groups is 1. The van der Waals surface area contributed by atoms with Crippen LogP contribution in [0.25, 0.3) is 0 Å². The maximum Gasteiger partial charge on any atom is 0.191 e.